The van der Waals surface area contributed by atoms with Crippen molar-refractivity contribution < 1.29 is 5.21 Å². The van der Waals surface area contributed by atoms with Crippen LogP contribution < -0.4 is 5.73 Å². The predicted molar refractivity (Wildman–Crippen MR) is 71.8 cm³/mol. The van der Waals surface area contributed by atoms with Gasteiger partial charge in [0.1, 0.15) is 11.3 Å². The van der Waals surface area contributed by atoms with Crippen molar-refractivity contribution in [3.8, 4) is 11.4 Å². The van der Waals surface area contributed by atoms with Crippen molar-refractivity contribution in [2.24, 2.45) is 0 Å². The third kappa shape index (κ3) is 1.69. The van der Waals surface area contributed by atoms with Gasteiger partial charge in [-0.1, -0.05) is 0 Å². The first kappa shape index (κ1) is 11.5. The summed E-state index contributed by atoms with van der Waals surface area (Å²) < 4.78 is 0.961. The van der Waals surface area contributed by atoms with Gasteiger partial charge in [-0.25, -0.2) is 15.0 Å². The topological polar surface area (TPSA) is 89.8 Å². The molecule has 3 heterocycles. The van der Waals surface area contributed by atoms with Crippen molar-refractivity contribution in [1.82, 2.24) is 19.7 Å². The maximum absolute atomic E-state index is 10.2. The first-order valence-electron chi connectivity index (χ1n) is 5.84. The highest BCUT2D eigenvalue weighted by atomic mass is 16.5. The Morgan fingerprint density at radius 1 is 1.26 bits per heavy atom. The second kappa shape index (κ2) is 3.94. The molecule has 0 radical (unpaired) electrons. The second-order valence-corrected chi connectivity index (χ2v) is 4.44. The summed E-state index contributed by atoms with van der Waals surface area (Å²) in [7, 11) is 0. The molecule has 0 amide bonds. The van der Waals surface area contributed by atoms with Crippen molar-refractivity contribution >= 4 is 17.0 Å². The summed E-state index contributed by atoms with van der Waals surface area (Å²) in [6.45, 7) is 3.80. The quantitative estimate of drug-likeness (QED) is 0.648. The molecular weight excluding hydrogens is 242 g/mol. The molecule has 0 aliphatic heterocycles. The van der Waals surface area contributed by atoms with E-state index in [1.807, 2.05) is 19.9 Å². The van der Waals surface area contributed by atoms with E-state index in [4.69, 9.17) is 5.73 Å². The summed E-state index contributed by atoms with van der Waals surface area (Å²) in [5, 5.41) is 10.2. The number of anilines is 1. The van der Waals surface area contributed by atoms with Crippen LogP contribution in [0.5, 0.6) is 0 Å². The molecule has 96 valence electrons. The number of nitrogens with two attached hydrogens (primary N) is 1. The van der Waals surface area contributed by atoms with Gasteiger partial charge in [0.15, 0.2) is 11.5 Å². The molecule has 6 nitrogen and oxygen atoms in total. The Morgan fingerprint density at radius 3 is 2.79 bits per heavy atom. The normalized spacial score (nSPS) is 11.1. The number of fused-ring (bicyclic) bond motifs is 1. The van der Waals surface area contributed by atoms with E-state index in [9.17, 15) is 5.21 Å². The lowest BCUT2D eigenvalue weighted by Crippen LogP contribution is -2.00. The molecule has 0 aliphatic carbocycles. The highest BCUT2D eigenvalue weighted by Gasteiger charge is 2.17. The maximum atomic E-state index is 10.2. The average molecular weight is 255 g/mol. The van der Waals surface area contributed by atoms with Crippen LogP contribution in [0.3, 0.4) is 0 Å². The molecule has 0 bridgehead atoms. The van der Waals surface area contributed by atoms with E-state index < -0.39 is 0 Å². The fraction of sp³-hybridized carbons (Fsp3) is 0.154. The van der Waals surface area contributed by atoms with Crippen LogP contribution in [0.15, 0.2) is 24.4 Å². The van der Waals surface area contributed by atoms with Crippen LogP contribution in [0.2, 0.25) is 0 Å². The van der Waals surface area contributed by atoms with Gasteiger partial charge in [0.25, 0.3) is 0 Å². The van der Waals surface area contributed by atoms with Gasteiger partial charge in [0.2, 0.25) is 0 Å². The standard InChI is InChI=1S/C13H13N5O/c1-7-6-8(2)16-13-10(7)17-12(18(13)19)9-4-3-5-15-11(9)14/h3-6,19H,1-2H3,(H2,14,15). The molecule has 19 heavy (non-hydrogen) atoms. The number of rotatable bonds is 1. The lowest BCUT2D eigenvalue weighted by atomic mass is 10.2. The third-order valence-corrected chi connectivity index (χ3v) is 2.99. The van der Waals surface area contributed by atoms with E-state index >= 15 is 0 Å². The zero-order chi connectivity index (χ0) is 13.6. The third-order valence-electron chi connectivity index (χ3n) is 2.99. The Balaban J connectivity index is 2.35. The molecule has 0 aliphatic rings. The lowest BCUT2D eigenvalue weighted by molar-refractivity contribution is 0.201. The number of hydrogen-bond donors (Lipinski definition) is 2. The fourth-order valence-corrected chi connectivity index (χ4v) is 2.13. The molecular formula is C13H13N5O. The minimum Gasteiger partial charge on any atom is -0.425 e. The Kier molecular flexibility index (Phi) is 2.38. The van der Waals surface area contributed by atoms with Crippen molar-refractivity contribution in [3.63, 3.8) is 0 Å². The number of nitrogen functional groups attached to an aromatic ring is 1. The predicted octanol–water partition coefficient (Wildman–Crippen LogP) is 1.93. The average Bonchev–Trinajstić information content (AvgIpc) is 2.68. The van der Waals surface area contributed by atoms with Gasteiger partial charge in [-0.3, -0.25) is 0 Å². The maximum Gasteiger partial charge on any atom is 0.196 e. The summed E-state index contributed by atoms with van der Waals surface area (Å²) in [6.07, 6.45) is 1.59. The van der Waals surface area contributed by atoms with Crippen molar-refractivity contribution in [2.75, 3.05) is 5.73 Å². The Morgan fingerprint density at radius 2 is 2.05 bits per heavy atom. The van der Waals surface area contributed by atoms with E-state index in [0.717, 1.165) is 16.0 Å². The number of nitrogens with zero attached hydrogens (tertiary/aromatic N) is 4. The number of aryl methyl sites for hydroxylation is 2. The summed E-state index contributed by atoms with van der Waals surface area (Å²) >= 11 is 0. The molecule has 3 rings (SSSR count). The van der Waals surface area contributed by atoms with Crippen molar-refractivity contribution in [1.29, 1.82) is 0 Å². The summed E-state index contributed by atoms with van der Waals surface area (Å²) in [4.78, 5) is 12.7. The van der Waals surface area contributed by atoms with Crippen LogP contribution >= 0.6 is 0 Å². The van der Waals surface area contributed by atoms with Gasteiger partial charge in [-0.15, -0.1) is 4.73 Å². The largest absolute Gasteiger partial charge is 0.425 e. The summed E-state index contributed by atoms with van der Waals surface area (Å²) in [5.41, 5.74) is 9.27. The number of pyridine rings is 2. The molecule has 0 atom stereocenters. The lowest BCUT2D eigenvalue weighted by Gasteiger charge is -2.02. The SMILES string of the molecule is Cc1cc(C)c2nc(-c3cccnc3N)n(O)c2n1. The second-order valence-electron chi connectivity index (χ2n) is 4.44. The van der Waals surface area contributed by atoms with Gasteiger partial charge in [-0.2, -0.15) is 0 Å². The zero-order valence-electron chi connectivity index (χ0n) is 10.6. The van der Waals surface area contributed by atoms with Gasteiger partial charge < -0.3 is 10.9 Å². The summed E-state index contributed by atoms with van der Waals surface area (Å²) in [6, 6.07) is 5.43. The molecule has 3 aromatic rings. The van der Waals surface area contributed by atoms with Gasteiger partial charge in [-0.05, 0) is 37.6 Å². The Labute approximate surface area is 109 Å². The van der Waals surface area contributed by atoms with E-state index in [-0.39, 0.29) is 0 Å². The zero-order valence-corrected chi connectivity index (χ0v) is 10.6. The smallest absolute Gasteiger partial charge is 0.196 e. The highest BCUT2D eigenvalue weighted by molar-refractivity contribution is 5.82. The molecule has 3 aromatic heterocycles. The van der Waals surface area contributed by atoms with Gasteiger partial charge >= 0.3 is 0 Å². The first-order valence-corrected chi connectivity index (χ1v) is 5.84. The van der Waals surface area contributed by atoms with E-state index in [1.54, 1.807) is 18.3 Å². The van der Waals surface area contributed by atoms with E-state index in [2.05, 4.69) is 15.0 Å². The molecule has 0 fully saturated rings. The van der Waals surface area contributed by atoms with Gasteiger partial charge in [0, 0.05) is 11.9 Å². The molecule has 0 unspecified atom stereocenters. The molecule has 0 saturated carbocycles. The molecule has 0 saturated heterocycles. The van der Waals surface area contributed by atoms with E-state index in [0.29, 0.717) is 28.4 Å². The minimum absolute atomic E-state index is 0.322. The fourth-order valence-electron chi connectivity index (χ4n) is 2.13. The number of imidazole rings is 1. The van der Waals surface area contributed by atoms with Gasteiger partial charge in [0.05, 0.1) is 5.56 Å². The Hall–Kier alpha value is -2.63. The molecule has 6 heteroatoms. The molecule has 3 N–H and O–H groups in total. The van der Waals surface area contributed by atoms with E-state index in [1.165, 1.54) is 0 Å². The summed E-state index contributed by atoms with van der Waals surface area (Å²) in [5.74, 6) is 0.671. The van der Waals surface area contributed by atoms with Crippen LogP contribution in [-0.2, 0) is 0 Å². The van der Waals surface area contributed by atoms with Crippen LogP contribution in [0, 0.1) is 13.8 Å². The van der Waals surface area contributed by atoms with Crippen molar-refractivity contribution in [3.05, 3.63) is 35.7 Å². The van der Waals surface area contributed by atoms with Crippen LogP contribution in [0.25, 0.3) is 22.6 Å². The van der Waals surface area contributed by atoms with Crippen molar-refractivity contribution in [2.45, 2.75) is 13.8 Å². The number of hydrogen-bond acceptors (Lipinski definition) is 5. The van der Waals surface area contributed by atoms with Crippen LogP contribution in [0.1, 0.15) is 11.3 Å². The number of aromatic nitrogens is 4. The van der Waals surface area contributed by atoms with Crippen LogP contribution in [0.4, 0.5) is 5.82 Å². The molecule has 0 spiro atoms. The minimum atomic E-state index is 0.322. The molecule has 0 aromatic carbocycles. The highest BCUT2D eigenvalue weighted by Crippen LogP contribution is 2.27. The monoisotopic (exact) mass is 255 g/mol. The Bertz CT molecular complexity index is 778. The van der Waals surface area contributed by atoms with Crippen LogP contribution in [-0.4, -0.2) is 24.9 Å². The first-order chi connectivity index (χ1) is 9.08.